The summed E-state index contributed by atoms with van der Waals surface area (Å²) in [5, 5.41) is 17.6. The van der Waals surface area contributed by atoms with Gasteiger partial charge in [0.15, 0.2) is 5.70 Å². The van der Waals surface area contributed by atoms with E-state index < -0.39 is 0 Å². The van der Waals surface area contributed by atoms with Gasteiger partial charge in [-0.3, -0.25) is 0 Å². The van der Waals surface area contributed by atoms with Crippen LogP contribution in [-0.4, -0.2) is 26.4 Å². The van der Waals surface area contributed by atoms with E-state index in [0.29, 0.717) is 11.3 Å². The van der Waals surface area contributed by atoms with Gasteiger partial charge in [-0.2, -0.15) is 10.5 Å². The zero-order valence-corrected chi connectivity index (χ0v) is 13.0. The number of ether oxygens (including phenoxy) is 1. The number of rotatable bonds is 6. The standard InChI is InChI=1S/C16H19N5O/c1-4-21(5-2)13-7-6-12(16(8-13)22-3)11-20-15(10-18)14(19)9-17/h6-8,11H,4-5,19H2,1-3H3/b15-14-,20-11?. The van der Waals surface area contributed by atoms with Gasteiger partial charge in [0, 0.05) is 36.6 Å². The van der Waals surface area contributed by atoms with E-state index >= 15 is 0 Å². The second-order valence-electron chi connectivity index (χ2n) is 4.34. The molecule has 0 saturated carbocycles. The molecule has 0 bridgehead atoms. The van der Waals surface area contributed by atoms with Crippen LogP contribution >= 0.6 is 0 Å². The van der Waals surface area contributed by atoms with Gasteiger partial charge in [0.1, 0.15) is 23.6 Å². The Labute approximate surface area is 130 Å². The van der Waals surface area contributed by atoms with Crippen molar-refractivity contribution in [1.82, 2.24) is 0 Å². The lowest BCUT2D eigenvalue weighted by Gasteiger charge is -2.21. The van der Waals surface area contributed by atoms with Crippen LogP contribution in [0.5, 0.6) is 5.75 Å². The first kappa shape index (κ1) is 17.1. The van der Waals surface area contributed by atoms with Crippen LogP contribution in [0, 0.1) is 22.7 Å². The van der Waals surface area contributed by atoms with Crippen molar-refractivity contribution in [2.75, 3.05) is 25.1 Å². The average molecular weight is 297 g/mol. The third kappa shape index (κ3) is 4.00. The lowest BCUT2D eigenvalue weighted by molar-refractivity contribution is 0.414. The molecule has 0 aliphatic rings. The number of nitrogens with two attached hydrogens (primary N) is 1. The molecule has 0 heterocycles. The molecule has 22 heavy (non-hydrogen) atoms. The maximum Gasteiger partial charge on any atom is 0.174 e. The average Bonchev–Trinajstić information content (AvgIpc) is 2.56. The van der Waals surface area contributed by atoms with Gasteiger partial charge in [0.25, 0.3) is 0 Å². The maximum absolute atomic E-state index is 8.92. The first-order valence-electron chi connectivity index (χ1n) is 6.88. The quantitative estimate of drug-likeness (QED) is 0.641. The van der Waals surface area contributed by atoms with E-state index in [0.717, 1.165) is 18.8 Å². The Morgan fingerprint density at radius 2 is 2.00 bits per heavy atom. The van der Waals surface area contributed by atoms with Crippen LogP contribution in [0.2, 0.25) is 0 Å². The minimum absolute atomic E-state index is 0.114. The predicted octanol–water partition coefficient (Wildman–Crippen LogP) is 2.18. The molecule has 0 aromatic heterocycles. The monoisotopic (exact) mass is 297 g/mol. The summed E-state index contributed by atoms with van der Waals surface area (Å²) in [5.74, 6) is 0.640. The molecule has 1 rings (SSSR count). The van der Waals surface area contributed by atoms with E-state index in [2.05, 4.69) is 23.7 Å². The van der Waals surface area contributed by atoms with Gasteiger partial charge in [-0.05, 0) is 26.0 Å². The molecule has 2 N–H and O–H groups in total. The normalized spacial score (nSPS) is 11.5. The topological polar surface area (TPSA) is 98.4 Å². The Balaban J connectivity index is 3.18. The zero-order valence-electron chi connectivity index (χ0n) is 13.0. The fraction of sp³-hybridized carbons (Fsp3) is 0.312. The number of nitriles is 2. The first-order chi connectivity index (χ1) is 10.6. The lowest BCUT2D eigenvalue weighted by Crippen LogP contribution is -2.21. The number of nitrogens with zero attached hydrogens (tertiary/aromatic N) is 4. The molecular formula is C16H19N5O. The van der Waals surface area contributed by atoms with Crippen molar-refractivity contribution in [3.8, 4) is 17.9 Å². The van der Waals surface area contributed by atoms with E-state index in [-0.39, 0.29) is 11.4 Å². The highest BCUT2D eigenvalue weighted by molar-refractivity contribution is 5.85. The van der Waals surface area contributed by atoms with Gasteiger partial charge in [-0.25, -0.2) is 4.99 Å². The summed E-state index contributed by atoms with van der Waals surface area (Å²) in [6.07, 6.45) is 1.47. The molecule has 0 spiro atoms. The molecule has 0 saturated heterocycles. The summed E-state index contributed by atoms with van der Waals surface area (Å²) < 4.78 is 5.36. The predicted molar refractivity (Wildman–Crippen MR) is 86.6 cm³/mol. The zero-order chi connectivity index (χ0) is 16.5. The number of aliphatic imine (C=N–C) groups is 1. The number of methoxy groups -OCH3 is 1. The lowest BCUT2D eigenvalue weighted by atomic mass is 10.1. The van der Waals surface area contributed by atoms with Crippen LogP contribution in [-0.2, 0) is 0 Å². The number of benzene rings is 1. The van der Waals surface area contributed by atoms with E-state index in [4.69, 9.17) is 21.0 Å². The highest BCUT2D eigenvalue weighted by atomic mass is 16.5. The summed E-state index contributed by atoms with van der Waals surface area (Å²) in [4.78, 5) is 6.15. The van der Waals surface area contributed by atoms with E-state index in [9.17, 15) is 0 Å². The molecule has 0 atom stereocenters. The van der Waals surface area contributed by atoms with E-state index in [1.54, 1.807) is 19.2 Å². The molecule has 6 heteroatoms. The third-order valence-electron chi connectivity index (χ3n) is 3.16. The fourth-order valence-electron chi connectivity index (χ4n) is 1.94. The molecule has 0 aliphatic heterocycles. The van der Waals surface area contributed by atoms with Crippen molar-refractivity contribution in [2.24, 2.45) is 10.7 Å². The molecule has 0 radical (unpaired) electrons. The highest BCUT2D eigenvalue weighted by Crippen LogP contribution is 2.24. The number of anilines is 1. The molecule has 6 nitrogen and oxygen atoms in total. The number of hydrogen-bond donors (Lipinski definition) is 1. The summed E-state index contributed by atoms with van der Waals surface area (Å²) in [5.41, 5.74) is 6.84. The van der Waals surface area contributed by atoms with Crippen molar-refractivity contribution in [3.63, 3.8) is 0 Å². The third-order valence-corrected chi connectivity index (χ3v) is 3.16. The van der Waals surface area contributed by atoms with Crippen molar-refractivity contribution >= 4 is 11.9 Å². The Kier molecular flexibility index (Phi) is 6.46. The SMILES string of the molecule is CCN(CC)c1ccc(C=N/C(C#N)=C(\N)C#N)c(OC)c1. The Bertz CT molecular complexity index is 660. The summed E-state index contributed by atoms with van der Waals surface area (Å²) in [6, 6.07) is 9.22. The van der Waals surface area contributed by atoms with Crippen LogP contribution in [0.15, 0.2) is 34.6 Å². The van der Waals surface area contributed by atoms with Gasteiger partial charge < -0.3 is 15.4 Å². The first-order valence-corrected chi connectivity index (χ1v) is 6.88. The molecule has 0 aliphatic carbocycles. The molecule has 1 aromatic rings. The second-order valence-corrected chi connectivity index (χ2v) is 4.34. The highest BCUT2D eigenvalue weighted by Gasteiger charge is 2.07. The van der Waals surface area contributed by atoms with E-state index in [1.165, 1.54) is 6.21 Å². The molecular weight excluding hydrogens is 278 g/mol. The summed E-state index contributed by atoms with van der Waals surface area (Å²) >= 11 is 0. The van der Waals surface area contributed by atoms with Crippen molar-refractivity contribution in [1.29, 1.82) is 10.5 Å². The molecule has 1 aromatic carbocycles. The molecule has 0 unspecified atom stereocenters. The molecule has 0 amide bonds. The second kappa shape index (κ2) is 8.33. The molecule has 114 valence electrons. The largest absolute Gasteiger partial charge is 0.496 e. The van der Waals surface area contributed by atoms with Crippen LogP contribution < -0.4 is 15.4 Å². The van der Waals surface area contributed by atoms with Crippen molar-refractivity contribution in [2.45, 2.75) is 13.8 Å². The minimum Gasteiger partial charge on any atom is -0.496 e. The van der Waals surface area contributed by atoms with Crippen molar-refractivity contribution < 1.29 is 4.74 Å². The minimum atomic E-state index is -0.211. The van der Waals surface area contributed by atoms with Gasteiger partial charge in [-0.15, -0.1) is 0 Å². The molecule has 0 fully saturated rings. The van der Waals surface area contributed by atoms with Gasteiger partial charge in [-0.1, -0.05) is 0 Å². The summed E-state index contributed by atoms with van der Waals surface area (Å²) in [7, 11) is 1.57. The van der Waals surface area contributed by atoms with E-state index in [1.807, 2.05) is 18.2 Å². The summed E-state index contributed by atoms with van der Waals surface area (Å²) in [6.45, 7) is 5.96. The maximum atomic E-state index is 8.92. The van der Waals surface area contributed by atoms with Crippen LogP contribution in [0.3, 0.4) is 0 Å². The smallest absolute Gasteiger partial charge is 0.174 e. The number of allylic oxidation sites excluding steroid dienone is 2. The van der Waals surface area contributed by atoms with Crippen LogP contribution in [0.1, 0.15) is 19.4 Å². The number of hydrogen-bond acceptors (Lipinski definition) is 6. The van der Waals surface area contributed by atoms with Gasteiger partial charge in [0.2, 0.25) is 0 Å². The Morgan fingerprint density at radius 3 is 2.50 bits per heavy atom. The van der Waals surface area contributed by atoms with Crippen LogP contribution in [0.4, 0.5) is 5.69 Å². The van der Waals surface area contributed by atoms with Gasteiger partial charge in [0.05, 0.1) is 7.11 Å². The Morgan fingerprint density at radius 1 is 1.32 bits per heavy atom. The van der Waals surface area contributed by atoms with Crippen molar-refractivity contribution in [3.05, 3.63) is 35.2 Å². The Hall–Kier alpha value is -2.99. The fourth-order valence-corrected chi connectivity index (χ4v) is 1.94. The van der Waals surface area contributed by atoms with Crippen LogP contribution in [0.25, 0.3) is 0 Å². The van der Waals surface area contributed by atoms with Gasteiger partial charge >= 0.3 is 0 Å².